The van der Waals surface area contributed by atoms with E-state index in [1.54, 1.807) is 49.6 Å². The fraction of sp³-hybridized carbons (Fsp3) is 0.138. The number of carbonyl (C=O) groups is 1. The number of nitrogens with zero attached hydrogens (tertiary/aromatic N) is 2. The number of rotatable bonds is 7. The zero-order valence-electron chi connectivity index (χ0n) is 19.9. The Balaban J connectivity index is 1.72. The first-order valence-electron chi connectivity index (χ1n) is 11.3. The number of benzene rings is 3. The minimum atomic E-state index is -0.978. The van der Waals surface area contributed by atoms with Crippen molar-refractivity contribution in [3.05, 3.63) is 129 Å². The van der Waals surface area contributed by atoms with Crippen LogP contribution >= 0.6 is 0 Å². The van der Waals surface area contributed by atoms with Crippen LogP contribution in [0.3, 0.4) is 0 Å². The first-order chi connectivity index (χ1) is 17.3. The van der Waals surface area contributed by atoms with Gasteiger partial charge in [-0.05, 0) is 65.1 Å². The summed E-state index contributed by atoms with van der Waals surface area (Å²) in [5, 5.41) is 22.5. The summed E-state index contributed by atoms with van der Waals surface area (Å²) in [6, 6.07) is 22.1. The molecule has 1 unspecified atom stereocenters. The van der Waals surface area contributed by atoms with Gasteiger partial charge in [0.1, 0.15) is 5.82 Å². The van der Waals surface area contributed by atoms with E-state index in [1.165, 1.54) is 22.8 Å². The molecule has 0 aliphatic rings. The van der Waals surface area contributed by atoms with Gasteiger partial charge < -0.3 is 14.9 Å². The molecule has 0 aliphatic carbocycles. The van der Waals surface area contributed by atoms with Crippen molar-refractivity contribution in [2.24, 2.45) is 12.2 Å². The number of carboxylic acid groups (broad SMARTS) is 1. The van der Waals surface area contributed by atoms with E-state index in [0.717, 1.165) is 27.8 Å². The van der Waals surface area contributed by atoms with Crippen LogP contribution in [0.4, 0.5) is 4.39 Å². The Morgan fingerprint density at radius 1 is 0.944 bits per heavy atom. The zero-order chi connectivity index (χ0) is 25.8. The summed E-state index contributed by atoms with van der Waals surface area (Å²) in [6.45, 7) is 1.84. The first kappa shape index (κ1) is 24.6. The normalized spacial score (nSPS) is 12.4. The maximum Gasteiger partial charge on any atom is 0.335 e. The molecule has 0 spiro atoms. The Labute approximate surface area is 207 Å². The van der Waals surface area contributed by atoms with Crippen molar-refractivity contribution in [1.29, 1.82) is 0 Å². The van der Waals surface area contributed by atoms with Gasteiger partial charge in [-0.3, -0.25) is 4.79 Å². The monoisotopic (exact) mass is 484 g/mol. The highest BCUT2D eigenvalue weighted by atomic mass is 19.1. The van der Waals surface area contributed by atoms with Crippen molar-refractivity contribution >= 4 is 11.7 Å². The number of hydrogen-bond donors (Lipinski definition) is 2. The summed E-state index contributed by atoms with van der Waals surface area (Å²) in [4.78, 5) is 23.0. The standard InChI is InChI=1S/C29H25FN2O4/c1-18-15-24(30)12-13-25(18)26(16-27(31-36)23-11-14-28(33)32(2)17-23)21-7-3-19(4-8-21)20-5-9-22(10-6-20)29(34)35/h3-15,17,26,36H,16H2,1-2H3,(H,34,35)/b31-27-. The Hall–Kier alpha value is -4.52. The molecule has 4 rings (SSSR count). The van der Waals surface area contributed by atoms with E-state index in [9.17, 15) is 19.2 Å². The Kier molecular flexibility index (Phi) is 7.10. The maximum absolute atomic E-state index is 13.9. The molecule has 3 aromatic carbocycles. The molecule has 0 radical (unpaired) electrons. The van der Waals surface area contributed by atoms with Crippen molar-refractivity contribution in [1.82, 2.24) is 4.57 Å². The quantitative estimate of drug-likeness (QED) is 0.203. The molecule has 0 amide bonds. The van der Waals surface area contributed by atoms with E-state index in [-0.39, 0.29) is 22.9 Å². The second kappa shape index (κ2) is 10.4. The zero-order valence-corrected chi connectivity index (χ0v) is 19.9. The predicted octanol–water partition coefficient (Wildman–Crippen LogP) is 5.60. The molecule has 182 valence electrons. The minimum Gasteiger partial charge on any atom is -0.478 e. The van der Waals surface area contributed by atoms with Gasteiger partial charge in [0.2, 0.25) is 5.56 Å². The number of aryl methyl sites for hydroxylation is 2. The van der Waals surface area contributed by atoms with Gasteiger partial charge in [-0.1, -0.05) is 47.6 Å². The van der Waals surface area contributed by atoms with Crippen molar-refractivity contribution in [2.75, 3.05) is 0 Å². The lowest BCUT2D eigenvalue weighted by Gasteiger charge is -2.21. The van der Waals surface area contributed by atoms with Crippen LogP contribution in [0.5, 0.6) is 0 Å². The van der Waals surface area contributed by atoms with Crippen LogP contribution in [0.1, 0.15) is 45.0 Å². The van der Waals surface area contributed by atoms with Crippen LogP contribution in [0.2, 0.25) is 0 Å². The van der Waals surface area contributed by atoms with Crippen LogP contribution in [-0.2, 0) is 7.05 Å². The van der Waals surface area contributed by atoms with E-state index in [2.05, 4.69) is 5.16 Å². The largest absolute Gasteiger partial charge is 0.478 e. The van der Waals surface area contributed by atoms with Gasteiger partial charge in [-0.15, -0.1) is 0 Å². The summed E-state index contributed by atoms with van der Waals surface area (Å²) in [5.41, 5.74) is 5.44. The van der Waals surface area contributed by atoms with E-state index < -0.39 is 5.97 Å². The van der Waals surface area contributed by atoms with E-state index in [1.807, 2.05) is 31.2 Å². The number of aromatic nitrogens is 1. The number of hydrogen-bond acceptors (Lipinski definition) is 4. The SMILES string of the molecule is Cc1cc(F)ccc1C(C/C(=N/O)c1ccc(=O)n(C)c1)c1ccc(-c2ccc(C(=O)O)cc2)cc1. The van der Waals surface area contributed by atoms with Gasteiger partial charge in [0.05, 0.1) is 11.3 Å². The fourth-order valence-electron chi connectivity index (χ4n) is 4.32. The smallest absolute Gasteiger partial charge is 0.335 e. The predicted molar refractivity (Wildman–Crippen MR) is 136 cm³/mol. The average Bonchev–Trinajstić information content (AvgIpc) is 2.87. The molecule has 0 aliphatic heterocycles. The number of aromatic carboxylic acids is 1. The highest BCUT2D eigenvalue weighted by Crippen LogP contribution is 2.33. The molecular formula is C29H25FN2O4. The first-order valence-corrected chi connectivity index (χ1v) is 11.3. The third kappa shape index (κ3) is 5.25. The third-order valence-electron chi connectivity index (χ3n) is 6.32. The number of pyridine rings is 1. The lowest BCUT2D eigenvalue weighted by atomic mass is 9.83. The van der Waals surface area contributed by atoms with Crippen LogP contribution in [0.15, 0.2) is 95.0 Å². The maximum atomic E-state index is 13.9. The summed E-state index contributed by atoms with van der Waals surface area (Å²) in [7, 11) is 1.63. The molecule has 7 heteroatoms. The van der Waals surface area contributed by atoms with Gasteiger partial charge in [-0.25, -0.2) is 9.18 Å². The summed E-state index contributed by atoms with van der Waals surface area (Å²) < 4.78 is 15.3. The number of halogens is 1. The Morgan fingerprint density at radius 3 is 2.11 bits per heavy atom. The molecule has 0 saturated carbocycles. The molecular weight excluding hydrogens is 459 g/mol. The summed E-state index contributed by atoms with van der Waals surface area (Å²) in [6.07, 6.45) is 1.93. The molecule has 6 nitrogen and oxygen atoms in total. The van der Waals surface area contributed by atoms with Crippen LogP contribution in [0.25, 0.3) is 11.1 Å². The van der Waals surface area contributed by atoms with Crippen molar-refractivity contribution in [3.8, 4) is 11.1 Å². The number of oxime groups is 1. The molecule has 1 atom stereocenters. The van der Waals surface area contributed by atoms with Gasteiger partial charge in [0.15, 0.2) is 0 Å². The molecule has 2 N–H and O–H groups in total. The van der Waals surface area contributed by atoms with Crippen molar-refractivity contribution < 1.29 is 19.5 Å². The van der Waals surface area contributed by atoms with E-state index in [0.29, 0.717) is 17.7 Å². The highest BCUT2D eigenvalue weighted by molar-refractivity contribution is 6.00. The summed E-state index contributed by atoms with van der Waals surface area (Å²) in [5.74, 6) is -1.56. The number of carboxylic acids is 1. The van der Waals surface area contributed by atoms with Crippen LogP contribution in [0, 0.1) is 12.7 Å². The lowest BCUT2D eigenvalue weighted by molar-refractivity contribution is 0.0697. The van der Waals surface area contributed by atoms with Crippen LogP contribution < -0.4 is 5.56 Å². The van der Waals surface area contributed by atoms with Gasteiger partial charge in [0.25, 0.3) is 0 Å². The highest BCUT2D eigenvalue weighted by Gasteiger charge is 2.21. The molecule has 0 fully saturated rings. The lowest BCUT2D eigenvalue weighted by Crippen LogP contribution is -2.18. The van der Waals surface area contributed by atoms with Crippen molar-refractivity contribution in [3.63, 3.8) is 0 Å². The molecule has 1 heterocycles. The summed E-state index contributed by atoms with van der Waals surface area (Å²) >= 11 is 0. The Morgan fingerprint density at radius 2 is 1.56 bits per heavy atom. The van der Waals surface area contributed by atoms with Crippen LogP contribution in [-0.4, -0.2) is 26.6 Å². The van der Waals surface area contributed by atoms with Gasteiger partial charge >= 0.3 is 5.97 Å². The fourth-order valence-corrected chi connectivity index (χ4v) is 4.32. The molecule has 0 bridgehead atoms. The Bertz CT molecular complexity index is 1490. The van der Waals surface area contributed by atoms with Gasteiger partial charge in [0, 0.05) is 37.2 Å². The second-order valence-corrected chi connectivity index (χ2v) is 8.68. The molecule has 4 aromatic rings. The van der Waals surface area contributed by atoms with Gasteiger partial charge in [-0.2, -0.15) is 0 Å². The molecule has 1 aromatic heterocycles. The molecule has 0 saturated heterocycles. The average molecular weight is 485 g/mol. The van der Waals surface area contributed by atoms with E-state index in [4.69, 9.17) is 5.11 Å². The minimum absolute atomic E-state index is 0.172. The molecule has 36 heavy (non-hydrogen) atoms. The van der Waals surface area contributed by atoms with Crippen molar-refractivity contribution in [2.45, 2.75) is 19.3 Å². The van der Waals surface area contributed by atoms with E-state index >= 15 is 0 Å². The second-order valence-electron chi connectivity index (χ2n) is 8.68. The topological polar surface area (TPSA) is 91.9 Å². The third-order valence-corrected chi connectivity index (χ3v) is 6.32.